The zero-order valence-corrected chi connectivity index (χ0v) is 13.9. The van der Waals surface area contributed by atoms with E-state index in [4.69, 9.17) is 16.6 Å². The second-order valence-electron chi connectivity index (χ2n) is 6.05. The van der Waals surface area contributed by atoms with Gasteiger partial charge in [-0.25, -0.2) is 9.97 Å². The Bertz CT molecular complexity index is 853. The lowest BCUT2D eigenvalue weighted by molar-refractivity contribution is 0.668. The van der Waals surface area contributed by atoms with Crippen molar-refractivity contribution >= 4 is 28.5 Å². The van der Waals surface area contributed by atoms with Crippen LogP contribution in [-0.2, 0) is 0 Å². The molecule has 1 aliphatic heterocycles. The van der Waals surface area contributed by atoms with Crippen LogP contribution in [0.15, 0.2) is 24.4 Å². The molecule has 3 heterocycles. The van der Waals surface area contributed by atoms with Crippen molar-refractivity contribution in [3.05, 3.63) is 46.6 Å². The monoisotopic (exact) mass is 327 g/mol. The predicted molar refractivity (Wildman–Crippen MR) is 91.9 cm³/mol. The van der Waals surface area contributed by atoms with Gasteiger partial charge in [-0.15, -0.1) is 0 Å². The maximum atomic E-state index is 6.02. The minimum Gasteiger partial charge on any atom is -0.345 e. The number of halogens is 1. The number of aromatic amines is 1. The molecule has 0 aliphatic carbocycles. The summed E-state index contributed by atoms with van der Waals surface area (Å²) in [6, 6.07) is 5.85. The Balaban J connectivity index is 1.72. The summed E-state index contributed by atoms with van der Waals surface area (Å²) in [6.07, 6.45) is 4.04. The lowest BCUT2D eigenvalue weighted by atomic mass is 10.2. The molecule has 23 heavy (non-hydrogen) atoms. The van der Waals surface area contributed by atoms with Gasteiger partial charge >= 0.3 is 0 Å². The zero-order chi connectivity index (χ0) is 16.0. The molecule has 1 N–H and O–H groups in total. The van der Waals surface area contributed by atoms with Crippen LogP contribution in [0, 0.1) is 13.8 Å². The van der Waals surface area contributed by atoms with E-state index in [0.717, 1.165) is 53.4 Å². The number of nitrogens with zero attached hydrogens (tertiary/aromatic N) is 4. The van der Waals surface area contributed by atoms with Crippen molar-refractivity contribution in [2.24, 2.45) is 0 Å². The number of rotatable bonds is 2. The Morgan fingerprint density at radius 1 is 1.22 bits per heavy atom. The van der Waals surface area contributed by atoms with Gasteiger partial charge in [0.15, 0.2) is 0 Å². The summed E-state index contributed by atoms with van der Waals surface area (Å²) in [5.74, 6) is 1.92. The molecule has 2 aromatic heterocycles. The largest absolute Gasteiger partial charge is 0.345 e. The van der Waals surface area contributed by atoms with Crippen LogP contribution >= 0.6 is 11.6 Å². The van der Waals surface area contributed by atoms with Crippen LogP contribution in [0.2, 0.25) is 5.02 Å². The zero-order valence-electron chi connectivity index (χ0n) is 13.2. The number of H-pyrrole nitrogens is 1. The number of aromatic nitrogens is 4. The summed E-state index contributed by atoms with van der Waals surface area (Å²) in [5, 5.41) is 0.681. The van der Waals surface area contributed by atoms with Gasteiger partial charge < -0.3 is 9.88 Å². The molecule has 1 aliphatic rings. The van der Waals surface area contributed by atoms with Gasteiger partial charge in [0.1, 0.15) is 11.6 Å². The van der Waals surface area contributed by atoms with E-state index in [-0.39, 0.29) is 6.04 Å². The Morgan fingerprint density at radius 3 is 2.87 bits per heavy atom. The molecule has 0 amide bonds. The fourth-order valence-corrected chi connectivity index (χ4v) is 3.34. The second-order valence-corrected chi connectivity index (χ2v) is 6.48. The highest BCUT2D eigenvalue weighted by molar-refractivity contribution is 6.31. The van der Waals surface area contributed by atoms with Gasteiger partial charge in [-0.2, -0.15) is 0 Å². The van der Waals surface area contributed by atoms with Crippen LogP contribution in [0.3, 0.4) is 0 Å². The van der Waals surface area contributed by atoms with Crippen molar-refractivity contribution in [1.29, 1.82) is 0 Å². The molecular weight excluding hydrogens is 310 g/mol. The van der Waals surface area contributed by atoms with Crippen molar-refractivity contribution < 1.29 is 0 Å². The number of aryl methyl sites for hydroxylation is 2. The van der Waals surface area contributed by atoms with Gasteiger partial charge in [0.05, 0.1) is 29.0 Å². The van der Waals surface area contributed by atoms with Crippen LogP contribution in [-0.4, -0.2) is 26.5 Å². The van der Waals surface area contributed by atoms with Crippen LogP contribution in [0.5, 0.6) is 0 Å². The van der Waals surface area contributed by atoms with Gasteiger partial charge in [0, 0.05) is 17.3 Å². The van der Waals surface area contributed by atoms with Gasteiger partial charge in [0.25, 0.3) is 0 Å². The van der Waals surface area contributed by atoms with E-state index in [0.29, 0.717) is 5.02 Å². The first kappa shape index (κ1) is 14.5. The molecule has 0 radical (unpaired) electrons. The lowest BCUT2D eigenvalue weighted by Crippen LogP contribution is -2.24. The molecule has 0 saturated carbocycles. The third-order valence-electron chi connectivity index (χ3n) is 4.50. The number of imidazole rings is 1. The first-order valence-electron chi connectivity index (χ1n) is 7.84. The van der Waals surface area contributed by atoms with E-state index in [9.17, 15) is 0 Å². The average molecular weight is 328 g/mol. The van der Waals surface area contributed by atoms with Crippen molar-refractivity contribution in [1.82, 2.24) is 19.9 Å². The molecule has 1 unspecified atom stereocenters. The summed E-state index contributed by atoms with van der Waals surface area (Å²) >= 11 is 6.02. The maximum absolute atomic E-state index is 6.02. The van der Waals surface area contributed by atoms with E-state index in [1.165, 1.54) is 0 Å². The average Bonchev–Trinajstić information content (AvgIpc) is 3.14. The topological polar surface area (TPSA) is 57.7 Å². The van der Waals surface area contributed by atoms with E-state index in [2.05, 4.69) is 26.8 Å². The third kappa shape index (κ3) is 2.55. The molecule has 1 fully saturated rings. The van der Waals surface area contributed by atoms with Crippen LogP contribution in [0.25, 0.3) is 11.0 Å². The number of nitrogens with one attached hydrogen (secondary N) is 1. The molecule has 3 aromatic rings. The second kappa shape index (κ2) is 5.49. The van der Waals surface area contributed by atoms with Crippen LogP contribution in [0.4, 0.5) is 5.82 Å². The fourth-order valence-electron chi connectivity index (χ4n) is 3.17. The van der Waals surface area contributed by atoms with Gasteiger partial charge in [-0.05, 0) is 44.9 Å². The number of hydrogen-bond donors (Lipinski definition) is 1. The number of benzene rings is 1. The van der Waals surface area contributed by atoms with Gasteiger partial charge in [-0.1, -0.05) is 11.6 Å². The van der Waals surface area contributed by atoms with Crippen molar-refractivity contribution in [2.45, 2.75) is 32.7 Å². The highest BCUT2D eigenvalue weighted by Crippen LogP contribution is 2.34. The number of hydrogen-bond acceptors (Lipinski definition) is 4. The van der Waals surface area contributed by atoms with Crippen LogP contribution < -0.4 is 4.90 Å². The highest BCUT2D eigenvalue weighted by atomic mass is 35.5. The smallest absolute Gasteiger partial charge is 0.148 e. The molecule has 0 spiro atoms. The summed E-state index contributed by atoms with van der Waals surface area (Å²) < 4.78 is 0. The van der Waals surface area contributed by atoms with Crippen molar-refractivity contribution in [3.8, 4) is 0 Å². The third-order valence-corrected chi connectivity index (χ3v) is 4.74. The molecule has 118 valence electrons. The quantitative estimate of drug-likeness (QED) is 0.774. The maximum Gasteiger partial charge on any atom is 0.148 e. The molecule has 1 atom stereocenters. The minimum atomic E-state index is 0.237. The lowest BCUT2D eigenvalue weighted by Gasteiger charge is -2.24. The van der Waals surface area contributed by atoms with E-state index in [1.54, 1.807) is 0 Å². The van der Waals surface area contributed by atoms with E-state index < -0.39 is 0 Å². The van der Waals surface area contributed by atoms with Crippen LogP contribution in [0.1, 0.15) is 36.1 Å². The van der Waals surface area contributed by atoms with E-state index in [1.807, 2.05) is 31.3 Å². The Hall–Kier alpha value is -2.14. The first-order valence-corrected chi connectivity index (χ1v) is 8.21. The molecular formula is C17H18ClN5. The molecule has 6 heteroatoms. The normalized spacial score (nSPS) is 18.0. The molecule has 4 rings (SSSR count). The Labute approximate surface area is 139 Å². The minimum absolute atomic E-state index is 0.237. The van der Waals surface area contributed by atoms with Gasteiger partial charge in [0.2, 0.25) is 0 Å². The SMILES string of the molecule is Cc1nc(C2CCCN2c2cnc3cc(Cl)ccc3n2)[nH]c1C. The molecule has 5 nitrogen and oxygen atoms in total. The standard InChI is InChI=1S/C17H18ClN5/c1-10-11(2)21-17(20-10)15-4-3-7-23(15)16-9-19-14-8-12(18)5-6-13(14)22-16/h5-6,8-9,15H,3-4,7H2,1-2H3,(H,20,21). The van der Waals surface area contributed by atoms with E-state index >= 15 is 0 Å². The first-order chi connectivity index (χ1) is 11.1. The summed E-state index contributed by atoms with van der Waals surface area (Å²) in [4.78, 5) is 19.7. The fraction of sp³-hybridized carbons (Fsp3) is 0.353. The van der Waals surface area contributed by atoms with Gasteiger partial charge in [-0.3, -0.25) is 4.98 Å². The number of anilines is 1. The van der Waals surface area contributed by atoms with Crippen molar-refractivity contribution in [3.63, 3.8) is 0 Å². The Morgan fingerprint density at radius 2 is 2.09 bits per heavy atom. The highest BCUT2D eigenvalue weighted by Gasteiger charge is 2.30. The molecule has 0 bridgehead atoms. The van der Waals surface area contributed by atoms with Crippen molar-refractivity contribution in [2.75, 3.05) is 11.4 Å². The number of fused-ring (bicyclic) bond motifs is 1. The Kier molecular flexibility index (Phi) is 3.45. The molecule has 1 aromatic carbocycles. The molecule has 1 saturated heterocycles. The summed E-state index contributed by atoms with van der Waals surface area (Å²) in [5.41, 5.74) is 3.88. The summed E-state index contributed by atoms with van der Waals surface area (Å²) in [7, 11) is 0. The predicted octanol–water partition coefficient (Wildman–Crippen LogP) is 3.96. The summed E-state index contributed by atoms with van der Waals surface area (Å²) in [6.45, 7) is 5.07.